The van der Waals surface area contributed by atoms with Gasteiger partial charge in [-0.1, -0.05) is 48.0 Å². The number of rotatable bonds is 9. The van der Waals surface area contributed by atoms with Crippen LogP contribution in [0.4, 0.5) is 0 Å². The molecular weight excluding hydrogens is 478 g/mol. The van der Waals surface area contributed by atoms with Crippen molar-refractivity contribution in [1.29, 1.82) is 0 Å². The van der Waals surface area contributed by atoms with Gasteiger partial charge in [0, 0.05) is 18.3 Å². The zero-order valence-electron chi connectivity index (χ0n) is 20.2. The van der Waals surface area contributed by atoms with E-state index in [1.807, 2.05) is 30.3 Å². The Morgan fingerprint density at radius 2 is 1.86 bits per heavy atom. The number of amides is 1. The Balaban J connectivity index is 1.53. The highest BCUT2D eigenvalue weighted by atomic mass is 35.5. The lowest BCUT2D eigenvalue weighted by Crippen LogP contribution is -2.37. The maximum atomic E-state index is 14.1. The van der Waals surface area contributed by atoms with Crippen LogP contribution in [-0.4, -0.2) is 52.6 Å². The first-order valence-corrected chi connectivity index (χ1v) is 12.3. The van der Waals surface area contributed by atoms with Crippen molar-refractivity contribution < 1.29 is 19.4 Å². The first-order valence-electron chi connectivity index (χ1n) is 11.9. The Bertz CT molecular complexity index is 1380. The SMILES string of the molecule is COc1ccc(C(O)CN(CC2CC2)C(=O)c2c(-c3ccccc3)nc3ccc(Cl)cn23)cc1OC. The van der Waals surface area contributed by atoms with Crippen LogP contribution in [0.25, 0.3) is 16.9 Å². The van der Waals surface area contributed by atoms with Gasteiger partial charge in [0.25, 0.3) is 5.91 Å². The van der Waals surface area contributed by atoms with Crippen LogP contribution in [0.5, 0.6) is 11.5 Å². The summed E-state index contributed by atoms with van der Waals surface area (Å²) < 4.78 is 12.5. The molecule has 2 aromatic heterocycles. The molecule has 0 radical (unpaired) electrons. The highest BCUT2D eigenvalue weighted by molar-refractivity contribution is 6.30. The molecule has 1 atom stereocenters. The summed E-state index contributed by atoms with van der Waals surface area (Å²) >= 11 is 6.31. The molecule has 0 bridgehead atoms. The third-order valence-electron chi connectivity index (χ3n) is 6.48. The number of imidazole rings is 1. The van der Waals surface area contributed by atoms with E-state index in [0.29, 0.717) is 51.6 Å². The number of nitrogens with zero attached hydrogens (tertiary/aromatic N) is 3. The van der Waals surface area contributed by atoms with E-state index >= 15 is 0 Å². The van der Waals surface area contributed by atoms with E-state index < -0.39 is 6.10 Å². The van der Waals surface area contributed by atoms with Crippen molar-refractivity contribution in [3.05, 3.63) is 83.1 Å². The Morgan fingerprint density at radius 1 is 1.11 bits per heavy atom. The van der Waals surface area contributed by atoms with Gasteiger partial charge in [-0.15, -0.1) is 0 Å². The molecule has 2 aromatic carbocycles. The van der Waals surface area contributed by atoms with Crippen LogP contribution in [0.3, 0.4) is 0 Å². The molecule has 36 heavy (non-hydrogen) atoms. The lowest BCUT2D eigenvalue weighted by atomic mass is 10.1. The summed E-state index contributed by atoms with van der Waals surface area (Å²) in [6.07, 6.45) is 2.95. The maximum Gasteiger partial charge on any atom is 0.273 e. The monoisotopic (exact) mass is 505 g/mol. The second kappa shape index (κ2) is 10.2. The zero-order chi connectivity index (χ0) is 25.2. The lowest BCUT2D eigenvalue weighted by Gasteiger charge is -2.26. The summed E-state index contributed by atoms with van der Waals surface area (Å²) in [7, 11) is 3.12. The number of benzene rings is 2. The Labute approximate surface area is 214 Å². The van der Waals surface area contributed by atoms with E-state index in [4.69, 9.17) is 26.1 Å². The fraction of sp³-hybridized carbons (Fsp3) is 0.286. The van der Waals surface area contributed by atoms with Gasteiger partial charge in [-0.05, 0) is 48.6 Å². The summed E-state index contributed by atoms with van der Waals surface area (Å²) in [6, 6.07) is 18.5. The van der Waals surface area contributed by atoms with Gasteiger partial charge < -0.3 is 19.5 Å². The molecule has 5 rings (SSSR count). The summed E-state index contributed by atoms with van der Waals surface area (Å²) in [6.45, 7) is 0.693. The first-order chi connectivity index (χ1) is 17.5. The van der Waals surface area contributed by atoms with Crippen LogP contribution in [0.2, 0.25) is 5.02 Å². The Kier molecular flexibility index (Phi) is 6.85. The molecule has 0 aliphatic heterocycles. The smallest absolute Gasteiger partial charge is 0.273 e. The maximum absolute atomic E-state index is 14.1. The topological polar surface area (TPSA) is 76.3 Å². The molecule has 1 fully saturated rings. The number of carbonyl (C=O) groups excluding carboxylic acids is 1. The van der Waals surface area contributed by atoms with E-state index in [1.54, 1.807) is 60.0 Å². The van der Waals surface area contributed by atoms with Crippen LogP contribution in [-0.2, 0) is 0 Å². The molecule has 2 heterocycles. The summed E-state index contributed by atoms with van der Waals surface area (Å²) in [5.74, 6) is 1.33. The molecular formula is C28H28ClN3O4. The van der Waals surface area contributed by atoms with Gasteiger partial charge in [-0.3, -0.25) is 9.20 Å². The first kappa shape index (κ1) is 24.2. The molecule has 0 spiro atoms. The van der Waals surface area contributed by atoms with Crippen LogP contribution in [0.1, 0.15) is 35.0 Å². The van der Waals surface area contributed by atoms with E-state index in [-0.39, 0.29) is 12.5 Å². The van der Waals surface area contributed by atoms with Crippen molar-refractivity contribution in [3.8, 4) is 22.8 Å². The second-order valence-electron chi connectivity index (χ2n) is 9.03. The number of halogens is 1. The Morgan fingerprint density at radius 3 is 2.56 bits per heavy atom. The lowest BCUT2D eigenvalue weighted by molar-refractivity contribution is 0.0605. The average molecular weight is 506 g/mol. The van der Waals surface area contributed by atoms with Crippen LogP contribution in [0, 0.1) is 5.92 Å². The van der Waals surface area contributed by atoms with Crippen molar-refractivity contribution in [2.75, 3.05) is 27.3 Å². The van der Waals surface area contributed by atoms with Gasteiger partial charge in [-0.25, -0.2) is 4.98 Å². The molecule has 4 aromatic rings. The summed E-state index contributed by atoms with van der Waals surface area (Å²) in [4.78, 5) is 20.6. The number of fused-ring (bicyclic) bond motifs is 1. The van der Waals surface area contributed by atoms with E-state index in [9.17, 15) is 9.90 Å². The number of carbonyl (C=O) groups is 1. The summed E-state index contributed by atoms with van der Waals surface area (Å²) in [5.41, 5.74) is 3.13. The third-order valence-corrected chi connectivity index (χ3v) is 6.70. The van der Waals surface area contributed by atoms with E-state index in [2.05, 4.69) is 0 Å². The van der Waals surface area contributed by atoms with Gasteiger partial charge in [0.2, 0.25) is 0 Å². The summed E-state index contributed by atoms with van der Waals surface area (Å²) in [5, 5.41) is 11.7. The van der Waals surface area contributed by atoms with Gasteiger partial charge in [-0.2, -0.15) is 0 Å². The van der Waals surface area contributed by atoms with E-state index in [0.717, 1.165) is 18.4 Å². The van der Waals surface area contributed by atoms with Crippen LogP contribution in [0.15, 0.2) is 66.9 Å². The highest BCUT2D eigenvalue weighted by Gasteiger charge is 2.32. The number of hydrogen-bond donors (Lipinski definition) is 1. The average Bonchev–Trinajstić information content (AvgIpc) is 3.65. The predicted molar refractivity (Wildman–Crippen MR) is 139 cm³/mol. The number of methoxy groups -OCH3 is 2. The van der Waals surface area contributed by atoms with E-state index in [1.165, 1.54) is 0 Å². The highest BCUT2D eigenvalue weighted by Crippen LogP contribution is 2.34. The minimum Gasteiger partial charge on any atom is -0.493 e. The van der Waals surface area contributed by atoms with Gasteiger partial charge in [0.1, 0.15) is 17.0 Å². The van der Waals surface area contributed by atoms with Gasteiger partial charge >= 0.3 is 0 Å². The second-order valence-corrected chi connectivity index (χ2v) is 9.47. The number of aromatic nitrogens is 2. The minimum absolute atomic E-state index is 0.132. The predicted octanol–water partition coefficient (Wildman–Crippen LogP) is 5.26. The van der Waals surface area contributed by atoms with Crippen LogP contribution < -0.4 is 9.47 Å². The fourth-order valence-electron chi connectivity index (χ4n) is 4.40. The molecule has 186 valence electrons. The number of aliphatic hydroxyl groups excluding tert-OH is 1. The molecule has 8 heteroatoms. The number of pyridine rings is 1. The standard InChI is InChI=1S/C28H28ClN3O4/c1-35-23-12-10-20(14-24(23)36-2)22(33)17-31(15-18-8-9-18)28(34)27-26(19-6-4-3-5-7-19)30-25-13-11-21(29)16-32(25)27/h3-7,10-14,16,18,22,33H,8-9,15,17H2,1-2H3. The van der Waals surface area contributed by atoms with Crippen molar-refractivity contribution >= 4 is 23.2 Å². The quantitative estimate of drug-likeness (QED) is 0.336. The van der Waals surface area contributed by atoms with Crippen molar-refractivity contribution in [3.63, 3.8) is 0 Å². The normalized spacial score (nSPS) is 14.0. The van der Waals surface area contributed by atoms with Gasteiger partial charge in [0.05, 0.1) is 31.9 Å². The molecule has 1 amide bonds. The zero-order valence-corrected chi connectivity index (χ0v) is 21.0. The molecule has 1 unspecified atom stereocenters. The number of ether oxygens (including phenoxy) is 2. The van der Waals surface area contributed by atoms with Gasteiger partial charge in [0.15, 0.2) is 11.5 Å². The minimum atomic E-state index is -0.907. The molecule has 1 aliphatic rings. The number of aliphatic hydroxyl groups is 1. The van der Waals surface area contributed by atoms with Crippen LogP contribution >= 0.6 is 11.6 Å². The molecule has 1 N–H and O–H groups in total. The third kappa shape index (κ3) is 4.90. The van der Waals surface area contributed by atoms with Crippen molar-refractivity contribution in [1.82, 2.24) is 14.3 Å². The molecule has 0 saturated heterocycles. The molecule has 1 aliphatic carbocycles. The van der Waals surface area contributed by atoms with Crippen molar-refractivity contribution in [2.45, 2.75) is 18.9 Å². The van der Waals surface area contributed by atoms with Crippen molar-refractivity contribution in [2.24, 2.45) is 5.92 Å². The Hall–Kier alpha value is -3.55. The molecule has 7 nitrogen and oxygen atoms in total. The largest absolute Gasteiger partial charge is 0.493 e. The molecule has 1 saturated carbocycles. The fourth-order valence-corrected chi connectivity index (χ4v) is 4.56. The number of hydrogen-bond acceptors (Lipinski definition) is 5.